The second-order valence-corrected chi connectivity index (χ2v) is 55.6. The van der Waals surface area contributed by atoms with E-state index >= 15 is 0 Å². The van der Waals surface area contributed by atoms with Crippen LogP contribution < -0.4 is 0 Å². The standard InChI is InChI=1S/C21H21Cl6NOSi2.C21H19NO.C15H9Br2NO.C15H10Br2O2.C8H7BrO2.C8H7BrO.C4H8.Cl3HSi/c1-3-20(30(22,23)24)16-9-5-14(6-10-16)18-13-19(29-28-18)15-7-11-17(12-8-15)21(4-2)31(25,26)27;1-3-5-16-7-11-18(12-8-16)20-15-21(23-22-20)19-13-9-17(6-4-2)10-14-19;16-12-5-1-10(2-6-12)14-9-15(19-18-14)11-3-7-13(17)8-4-11;16-12-5-1-10(2-6-12)14(18)9-15(19)11-3-7-13(17)8-4-11;1-11-8(10)6-2-4-7(9)5-3-6;1-6(10)7-2-4-8(9)5-3-7;1-3-4-2;1-4(2)3/h5-13,20-21H,3-4H2,1-2H3;3-4,7-15H,1-2,5-6H2;1-9H;1-8H,9H2;2-5H,1H3;2-5H,1H3;3H,1,4H2,2H3;4H. The van der Waals surface area contributed by atoms with Gasteiger partial charge in [0.15, 0.2) is 34.6 Å². The molecule has 0 amide bonds. The van der Waals surface area contributed by atoms with E-state index in [4.69, 9.17) is 113 Å². The fourth-order valence-corrected chi connectivity index (χ4v) is 19.6. The summed E-state index contributed by atoms with van der Waals surface area (Å²) in [5.74, 6) is 1.68. The Bertz CT molecular complexity index is 5110. The molecule has 0 spiro atoms. The van der Waals surface area contributed by atoms with Crippen molar-refractivity contribution in [2.45, 2.75) is 77.3 Å². The van der Waals surface area contributed by atoms with Gasteiger partial charge in [-0.25, -0.2) is 4.79 Å². The molecule has 630 valence electrons. The predicted octanol–water partition coefficient (Wildman–Crippen LogP) is 32.9. The van der Waals surface area contributed by atoms with Crippen molar-refractivity contribution >= 4 is 237 Å². The minimum atomic E-state index is -2.83. The van der Waals surface area contributed by atoms with Crippen molar-refractivity contribution in [3.63, 3.8) is 0 Å². The summed E-state index contributed by atoms with van der Waals surface area (Å²) < 4.78 is 26.8. The molecule has 0 radical (unpaired) electrons. The van der Waals surface area contributed by atoms with Gasteiger partial charge in [-0.3, -0.25) is 14.4 Å². The zero-order valence-electron chi connectivity index (χ0n) is 65.9. The highest BCUT2D eigenvalue weighted by Gasteiger charge is 2.38. The Morgan fingerprint density at radius 3 is 0.884 bits per heavy atom. The molecule has 0 N–H and O–H groups in total. The van der Waals surface area contributed by atoms with Crippen molar-refractivity contribution in [2.24, 2.45) is 0 Å². The number of nitrogens with zero attached hydrogens (tertiary/aromatic N) is 3. The number of aromatic nitrogens is 3. The van der Waals surface area contributed by atoms with Crippen LogP contribution in [0.4, 0.5) is 0 Å². The molecular weight excluding hydrogens is 2160 g/mol. The molecule has 13 rings (SSSR count). The molecule has 3 aromatic heterocycles. The minimum absolute atomic E-state index is 0.0411. The second kappa shape index (κ2) is 53.9. The van der Waals surface area contributed by atoms with E-state index < -0.39 is 18.7 Å². The Morgan fingerprint density at radius 2 is 0.628 bits per heavy atom. The summed E-state index contributed by atoms with van der Waals surface area (Å²) in [5.41, 5.74) is 15.3. The summed E-state index contributed by atoms with van der Waals surface area (Å²) >= 11 is 72.3. The van der Waals surface area contributed by atoms with Gasteiger partial charge in [-0.2, -0.15) is 0 Å². The van der Waals surface area contributed by atoms with Gasteiger partial charge in [-0.05, 0) is 146 Å². The summed E-state index contributed by atoms with van der Waals surface area (Å²) in [6.45, 7) is 17.0. The van der Waals surface area contributed by atoms with Crippen LogP contribution in [0.2, 0.25) is 0 Å². The number of halogens is 15. The van der Waals surface area contributed by atoms with Crippen molar-refractivity contribution in [3.05, 3.63) is 370 Å². The number of carbonyl (C=O) groups is 4. The van der Waals surface area contributed by atoms with Gasteiger partial charge >= 0.3 is 24.7 Å². The van der Waals surface area contributed by atoms with Crippen LogP contribution in [-0.2, 0) is 17.6 Å². The highest BCUT2D eigenvalue weighted by molar-refractivity contribution is 9.11. The van der Waals surface area contributed by atoms with Gasteiger partial charge < -0.3 is 18.3 Å². The minimum Gasteiger partial charge on any atom is -0.465 e. The van der Waals surface area contributed by atoms with E-state index in [1.54, 1.807) is 91.9 Å². The first-order valence-electron chi connectivity index (χ1n) is 37.1. The van der Waals surface area contributed by atoms with Gasteiger partial charge in [0.05, 0.1) is 19.1 Å². The molecule has 2 unspecified atom stereocenters. The maximum Gasteiger partial charge on any atom is 0.348 e. The molecule has 13 aromatic rings. The normalized spacial score (nSPS) is 11.1. The van der Waals surface area contributed by atoms with E-state index in [1.807, 2.05) is 159 Å². The molecule has 0 saturated heterocycles. The maximum atomic E-state index is 12.0. The number of allylic oxidation sites excluding steroid dienone is 3. The van der Waals surface area contributed by atoms with Crippen LogP contribution in [0.25, 0.3) is 67.7 Å². The first-order valence-corrected chi connectivity index (χ1v) is 57.3. The number of hydrogen-bond acceptors (Lipinski definition) is 11. The van der Waals surface area contributed by atoms with Crippen LogP contribution in [0.5, 0.6) is 0 Å². The summed E-state index contributed by atoms with van der Waals surface area (Å²) in [7, 11) is 1.37. The third-order valence-corrected chi connectivity index (χ3v) is 28.3. The third-order valence-electron chi connectivity index (χ3n) is 17.3. The fourth-order valence-electron chi connectivity index (χ4n) is 10.9. The van der Waals surface area contributed by atoms with Crippen LogP contribution >= 0.6 is 195 Å². The number of rotatable bonds is 23. The second-order valence-electron chi connectivity index (χ2n) is 25.9. The van der Waals surface area contributed by atoms with Crippen molar-refractivity contribution < 1.29 is 37.5 Å². The molecule has 3 heterocycles. The van der Waals surface area contributed by atoms with E-state index in [0.29, 0.717) is 22.5 Å². The molecule has 11 nitrogen and oxygen atoms in total. The van der Waals surface area contributed by atoms with Crippen molar-refractivity contribution in [2.75, 3.05) is 7.11 Å². The van der Waals surface area contributed by atoms with Gasteiger partial charge in [0, 0.05) is 106 Å². The monoisotopic (exact) mass is 2230 g/mol. The number of Topliss-reactive ketones (excluding diaryl/α,β-unsaturated/α-hetero) is 3. The molecule has 2 atom stereocenters. The lowest BCUT2D eigenvalue weighted by Crippen LogP contribution is -2.22. The number of carbonyl (C=O) groups excluding carboxylic acids is 4. The highest BCUT2D eigenvalue weighted by atomic mass is 79.9. The predicted molar refractivity (Wildman–Crippen MR) is 534 cm³/mol. The van der Waals surface area contributed by atoms with Crippen LogP contribution in [-0.4, -0.2) is 64.6 Å². The van der Waals surface area contributed by atoms with Crippen molar-refractivity contribution in [1.29, 1.82) is 0 Å². The summed E-state index contributed by atoms with van der Waals surface area (Å²) in [6, 6.07) is 76.9. The zero-order chi connectivity index (χ0) is 88.8. The third kappa shape index (κ3) is 36.3. The van der Waals surface area contributed by atoms with E-state index in [1.165, 1.54) is 18.2 Å². The Morgan fingerprint density at radius 1 is 0.388 bits per heavy atom. The van der Waals surface area contributed by atoms with E-state index in [2.05, 4.69) is 191 Å². The average molecular weight is 2240 g/mol. The molecule has 10 aromatic carbocycles. The van der Waals surface area contributed by atoms with Gasteiger partial charge in [0.25, 0.3) is 0 Å². The van der Waals surface area contributed by atoms with Crippen molar-refractivity contribution in [1.82, 2.24) is 15.5 Å². The Hall–Kier alpha value is -6.33. The lowest BCUT2D eigenvalue weighted by atomic mass is 10.0. The van der Waals surface area contributed by atoms with Crippen LogP contribution in [0, 0.1) is 0 Å². The highest BCUT2D eigenvalue weighted by Crippen LogP contribution is 2.42. The average Bonchev–Trinajstić information content (AvgIpc) is 1.78. The Labute approximate surface area is 803 Å². The molecule has 29 heteroatoms. The van der Waals surface area contributed by atoms with Gasteiger partial charge in [0.1, 0.15) is 17.1 Å². The van der Waals surface area contributed by atoms with Crippen LogP contribution in [0.1, 0.15) is 128 Å². The lowest BCUT2D eigenvalue weighted by molar-refractivity contribution is 0.0600. The summed E-state index contributed by atoms with van der Waals surface area (Å²) in [5, 5.41) is 12.5. The van der Waals surface area contributed by atoms with Crippen LogP contribution in [0.3, 0.4) is 0 Å². The summed E-state index contributed by atoms with van der Waals surface area (Å²) in [4.78, 5) is 45.6. The van der Waals surface area contributed by atoms with E-state index in [0.717, 1.165) is 138 Å². The topological polar surface area (TPSA) is 156 Å². The number of ether oxygens (including phenoxy) is 1. The lowest BCUT2D eigenvalue weighted by Gasteiger charge is -2.21. The number of benzene rings is 10. The number of methoxy groups -OCH3 is 1. The SMILES string of the molecule is Brc1ccc(-c2cc(-c3ccc(Br)cc3)on2)cc1.C=CCC.C=CCc1ccc(-c2cc(-c3ccc(CC=C)cc3)on2)cc1.CC(=O)c1ccc(Br)cc1.CCC(c1ccc(-c2cc(-c3ccc(C(CC)[Si](Cl)(Cl)Cl)cc3)on2)cc1)[Si](Cl)(Cl)Cl.COC(=O)c1ccc(Br)cc1.Cl[SiH](Cl)Cl.O=C(CC(=O)c1ccc(Br)cc1)c1ccc(Br)cc1. The first kappa shape index (κ1) is 103. The molecule has 0 bridgehead atoms. The fraction of sp³-hybridized carbons (Fsp3) is 0.141. The molecule has 0 aliphatic heterocycles. The van der Waals surface area contributed by atoms with Gasteiger partial charge in [-0.1, -0.05) is 308 Å². The zero-order valence-corrected chi connectivity index (χ0v) is 85.4. The molecule has 0 aliphatic rings. The van der Waals surface area contributed by atoms with E-state index in [9.17, 15) is 19.2 Å². The van der Waals surface area contributed by atoms with Gasteiger partial charge in [0.2, 0.25) is 0 Å². The Kier molecular flexibility index (Phi) is 46.1. The maximum absolute atomic E-state index is 12.0. The molecule has 121 heavy (non-hydrogen) atoms. The number of hydrogen-bond donors (Lipinski definition) is 0. The summed E-state index contributed by atoms with van der Waals surface area (Å²) in [6.07, 6.45) is 9.97. The van der Waals surface area contributed by atoms with Crippen LogP contribution in [0.15, 0.2) is 339 Å². The van der Waals surface area contributed by atoms with E-state index in [-0.39, 0.29) is 40.8 Å². The van der Waals surface area contributed by atoms with Crippen molar-refractivity contribution in [3.8, 4) is 67.7 Å². The smallest absolute Gasteiger partial charge is 0.348 e. The first-order chi connectivity index (χ1) is 57.7. The number of esters is 1. The van der Waals surface area contributed by atoms with Gasteiger partial charge in [-0.15, -0.1) is 119 Å². The molecule has 0 fully saturated rings. The molecule has 0 saturated carbocycles. The Balaban J connectivity index is 0.000000228. The largest absolute Gasteiger partial charge is 0.465 e. The number of ketones is 3. The molecular formula is C92H82Br6Cl9N3O8Si3. The quantitative estimate of drug-likeness (QED) is 0.0150. The molecule has 0 aliphatic carbocycles.